The molecule has 0 N–H and O–H groups in total. The molecule has 170 valence electrons. The van der Waals surface area contributed by atoms with Crippen molar-refractivity contribution in [3.8, 4) is 11.8 Å². The van der Waals surface area contributed by atoms with Gasteiger partial charge in [-0.3, -0.25) is 4.90 Å². The van der Waals surface area contributed by atoms with Gasteiger partial charge in [-0.2, -0.15) is 5.26 Å². The highest BCUT2D eigenvalue weighted by Gasteiger charge is 2.40. The second kappa shape index (κ2) is 9.84. The van der Waals surface area contributed by atoms with Crippen LogP contribution in [0.15, 0.2) is 84.9 Å². The third-order valence-electron chi connectivity index (χ3n) is 6.52. The Kier molecular flexibility index (Phi) is 6.31. The van der Waals surface area contributed by atoms with Gasteiger partial charge in [0.05, 0.1) is 11.6 Å². The number of nitriles is 1. The lowest BCUT2D eigenvalue weighted by molar-refractivity contribution is 0.0832. The predicted octanol–water partition coefficient (Wildman–Crippen LogP) is 6.09. The van der Waals surface area contributed by atoms with E-state index in [1.165, 1.54) is 5.57 Å². The summed E-state index contributed by atoms with van der Waals surface area (Å²) in [6.45, 7) is 0.689. The number of rotatable bonds is 6. The van der Waals surface area contributed by atoms with Crippen molar-refractivity contribution in [2.75, 3.05) is 0 Å². The summed E-state index contributed by atoms with van der Waals surface area (Å²) in [5, 5.41) is 9.54. The van der Waals surface area contributed by atoms with E-state index in [0.29, 0.717) is 17.9 Å². The van der Waals surface area contributed by atoms with E-state index in [4.69, 9.17) is 9.47 Å². The lowest BCUT2D eigenvalue weighted by atomic mass is 9.94. The summed E-state index contributed by atoms with van der Waals surface area (Å²) in [5.41, 5.74) is 4.78. The molecule has 2 aliphatic rings. The standard InChI is InChI=1S/C29H26N2O3/c30-18-24-12-11-23(17-28(24)33-19-21-7-3-1-4-8-21)25-15-26-13-14-27(16-25)31(26)29(32)34-20-22-9-5-2-6-10-22/h1-12,15,17,26-27H,13-14,16,19-20H2. The van der Waals surface area contributed by atoms with Crippen LogP contribution in [0.2, 0.25) is 0 Å². The summed E-state index contributed by atoms with van der Waals surface area (Å²) in [5.74, 6) is 0.585. The molecule has 2 heterocycles. The van der Waals surface area contributed by atoms with Crippen LogP contribution in [0.3, 0.4) is 0 Å². The van der Waals surface area contributed by atoms with Crippen molar-refractivity contribution in [1.29, 1.82) is 5.26 Å². The third-order valence-corrected chi connectivity index (χ3v) is 6.52. The largest absolute Gasteiger partial charge is 0.488 e. The van der Waals surface area contributed by atoms with Gasteiger partial charge in [-0.15, -0.1) is 0 Å². The highest BCUT2D eigenvalue weighted by atomic mass is 16.6. The lowest BCUT2D eigenvalue weighted by Gasteiger charge is -2.33. The maximum absolute atomic E-state index is 12.9. The van der Waals surface area contributed by atoms with Crippen molar-refractivity contribution in [2.24, 2.45) is 0 Å². The van der Waals surface area contributed by atoms with E-state index in [1.54, 1.807) is 0 Å². The number of carbonyl (C=O) groups is 1. The summed E-state index contributed by atoms with van der Waals surface area (Å²) < 4.78 is 11.6. The second-order valence-corrected chi connectivity index (χ2v) is 8.74. The van der Waals surface area contributed by atoms with Gasteiger partial charge in [-0.05, 0) is 53.7 Å². The van der Waals surface area contributed by atoms with E-state index in [2.05, 4.69) is 12.1 Å². The van der Waals surface area contributed by atoms with Crippen LogP contribution in [0.25, 0.3) is 5.57 Å². The number of hydrogen-bond acceptors (Lipinski definition) is 4. The van der Waals surface area contributed by atoms with E-state index in [-0.39, 0.29) is 24.8 Å². The smallest absolute Gasteiger partial charge is 0.410 e. The Labute approximate surface area is 199 Å². The topological polar surface area (TPSA) is 62.6 Å². The first-order valence-electron chi connectivity index (χ1n) is 11.6. The van der Waals surface area contributed by atoms with Crippen LogP contribution in [-0.2, 0) is 18.0 Å². The zero-order chi connectivity index (χ0) is 23.3. The fourth-order valence-electron chi connectivity index (χ4n) is 4.79. The Morgan fingerprint density at radius 1 is 0.941 bits per heavy atom. The van der Waals surface area contributed by atoms with Crippen LogP contribution in [-0.4, -0.2) is 23.1 Å². The van der Waals surface area contributed by atoms with Gasteiger partial charge < -0.3 is 9.47 Å². The zero-order valence-corrected chi connectivity index (χ0v) is 18.9. The van der Waals surface area contributed by atoms with Crippen molar-refractivity contribution < 1.29 is 14.3 Å². The Hall–Kier alpha value is -4.04. The van der Waals surface area contributed by atoms with Gasteiger partial charge in [0.1, 0.15) is 25.0 Å². The van der Waals surface area contributed by atoms with E-state index >= 15 is 0 Å². The minimum Gasteiger partial charge on any atom is -0.488 e. The predicted molar refractivity (Wildman–Crippen MR) is 130 cm³/mol. The zero-order valence-electron chi connectivity index (χ0n) is 18.9. The first-order chi connectivity index (χ1) is 16.7. The van der Waals surface area contributed by atoms with Gasteiger partial charge in [0.25, 0.3) is 0 Å². The SMILES string of the molecule is N#Cc1ccc(C2=CC3CCC(C2)N3C(=O)OCc2ccccc2)cc1OCc1ccccc1. The fourth-order valence-corrected chi connectivity index (χ4v) is 4.79. The molecule has 3 aromatic rings. The number of amides is 1. The Balaban J connectivity index is 1.30. The molecule has 1 amide bonds. The molecule has 0 saturated carbocycles. The maximum Gasteiger partial charge on any atom is 0.410 e. The van der Waals surface area contributed by atoms with E-state index in [1.807, 2.05) is 83.8 Å². The maximum atomic E-state index is 12.9. The molecule has 0 radical (unpaired) electrons. The van der Waals surface area contributed by atoms with Crippen molar-refractivity contribution in [2.45, 2.75) is 44.6 Å². The van der Waals surface area contributed by atoms with Gasteiger partial charge >= 0.3 is 6.09 Å². The van der Waals surface area contributed by atoms with Gasteiger partial charge in [0.15, 0.2) is 0 Å². The highest BCUT2D eigenvalue weighted by molar-refractivity contribution is 5.75. The van der Waals surface area contributed by atoms with Crippen molar-refractivity contribution in [1.82, 2.24) is 4.90 Å². The molecule has 2 atom stereocenters. The minimum atomic E-state index is -0.252. The van der Waals surface area contributed by atoms with Crippen LogP contribution in [0, 0.1) is 11.3 Å². The van der Waals surface area contributed by atoms with Gasteiger partial charge in [-0.25, -0.2) is 4.79 Å². The van der Waals surface area contributed by atoms with Crippen LogP contribution >= 0.6 is 0 Å². The quantitative estimate of drug-likeness (QED) is 0.456. The minimum absolute atomic E-state index is 0.0290. The summed E-state index contributed by atoms with van der Waals surface area (Å²) in [7, 11) is 0. The van der Waals surface area contributed by atoms with E-state index < -0.39 is 0 Å². The van der Waals surface area contributed by atoms with Crippen LogP contribution < -0.4 is 4.74 Å². The third kappa shape index (κ3) is 4.67. The molecule has 1 saturated heterocycles. The average Bonchev–Trinajstić information content (AvgIpc) is 3.16. The molecule has 1 fully saturated rings. The molecule has 34 heavy (non-hydrogen) atoms. The van der Waals surface area contributed by atoms with Crippen molar-refractivity contribution >= 4 is 11.7 Å². The molecule has 5 rings (SSSR count). The number of fused-ring (bicyclic) bond motifs is 2. The van der Waals surface area contributed by atoms with Crippen LogP contribution in [0.4, 0.5) is 4.79 Å². The van der Waals surface area contributed by atoms with Gasteiger partial charge in [-0.1, -0.05) is 72.8 Å². The first-order valence-corrected chi connectivity index (χ1v) is 11.6. The average molecular weight is 451 g/mol. The molecule has 5 nitrogen and oxygen atoms in total. The van der Waals surface area contributed by atoms with E-state index in [0.717, 1.165) is 36.0 Å². The Morgan fingerprint density at radius 2 is 1.65 bits per heavy atom. The molecule has 2 bridgehead atoms. The summed E-state index contributed by atoms with van der Waals surface area (Å²) in [4.78, 5) is 14.7. The van der Waals surface area contributed by atoms with Crippen LogP contribution in [0.5, 0.6) is 5.75 Å². The van der Waals surface area contributed by atoms with Crippen LogP contribution in [0.1, 0.15) is 41.5 Å². The molecular formula is C29H26N2O3. The molecule has 0 aliphatic carbocycles. The number of benzene rings is 3. The second-order valence-electron chi connectivity index (χ2n) is 8.74. The fraction of sp³-hybridized carbons (Fsp3) is 0.241. The van der Waals surface area contributed by atoms with Gasteiger partial charge in [0, 0.05) is 6.04 Å². The summed E-state index contributed by atoms with van der Waals surface area (Å²) in [6, 6.07) is 27.8. The van der Waals surface area contributed by atoms with Crippen molar-refractivity contribution in [3.05, 3.63) is 107 Å². The normalized spacial score (nSPS) is 18.7. The monoisotopic (exact) mass is 450 g/mol. The van der Waals surface area contributed by atoms with Gasteiger partial charge in [0.2, 0.25) is 0 Å². The Bertz CT molecular complexity index is 1230. The molecule has 0 aromatic heterocycles. The number of carbonyl (C=O) groups excluding carboxylic acids is 1. The number of hydrogen-bond donors (Lipinski definition) is 0. The number of ether oxygens (including phenoxy) is 2. The number of nitrogens with zero attached hydrogens (tertiary/aromatic N) is 2. The highest BCUT2D eigenvalue weighted by Crippen LogP contribution is 2.40. The first kappa shape index (κ1) is 21.8. The molecular weight excluding hydrogens is 424 g/mol. The molecule has 3 aromatic carbocycles. The Morgan fingerprint density at radius 3 is 2.32 bits per heavy atom. The lowest BCUT2D eigenvalue weighted by Crippen LogP contribution is -2.43. The molecule has 5 heteroatoms. The molecule has 2 aliphatic heterocycles. The van der Waals surface area contributed by atoms with Crippen molar-refractivity contribution in [3.63, 3.8) is 0 Å². The molecule has 0 spiro atoms. The summed E-state index contributed by atoms with van der Waals surface area (Å²) >= 11 is 0. The summed E-state index contributed by atoms with van der Waals surface area (Å²) in [6.07, 6.45) is 4.58. The van der Waals surface area contributed by atoms with E-state index in [9.17, 15) is 10.1 Å². The molecule has 2 unspecified atom stereocenters.